The average Bonchev–Trinajstić information content (AvgIpc) is 2.08. The molecule has 12 heavy (non-hydrogen) atoms. The van der Waals surface area contributed by atoms with Gasteiger partial charge in [0.05, 0.1) is 6.61 Å². The molecule has 0 aliphatic carbocycles. The number of hydrogen-bond donors (Lipinski definition) is 0. The molecular weight excluding hydrogens is 152 g/mol. The first-order valence-corrected chi connectivity index (χ1v) is 3.88. The molecule has 0 aromatic heterocycles. The van der Waals surface area contributed by atoms with E-state index >= 15 is 0 Å². The first kappa shape index (κ1) is 10.7. The maximum Gasteiger partial charge on any atom is 0.293 e. The maximum absolute atomic E-state index is 9.18. The van der Waals surface area contributed by atoms with Crippen LogP contribution in [0.25, 0.3) is 0 Å². The molecule has 0 heterocycles. The Balaban J connectivity index is 0.000000217. The molecule has 0 bridgehead atoms. The Bertz CT molecular complexity index is 194. The molecule has 0 radical (unpaired) electrons. The minimum Gasteiger partial charge on any atom is -0.468 e. The second-order valence-electron chi connectivity index (χ2n) is 2.21. The van der Waals surface area contributed by atoms with Gasteiger partial charge in [0, 0.05) is 0 Å². The molecule has 0 unspecified atom stereocenters. The summed E-state index contributed by atoms with van der Waals surface area (Å²) in [7, 11) is 0. The van der Waals surface area contributed by atoms with Gasteiger partial charge in [0.1, 0.15) is 0 Å². The van der Waals surface area contributed by atoms with E-state index in [0.29, 0.717) is 13.1 Å². The normalized spacial score (nSPS) is 7.83. The van der Waals surface area contributed by atoms with Crippen LogP contribution >= 0.6 is 0 Å². The number of carbonyl (C=O) groups is 1. The van der Waals surface area contributed by atoms with Crippen LogP contribution < -0.4 is 0 Å². The Morgan fingerprint density at radius 3 is 2.08 bits per heavy atom. The fourth-order valence-corrected chi connectivity index (χ4v) is 0.602. The molecule has 0 saturated heterocycles. The molecule has 0 N–H and O–H groups in total. The Labute approximate surface area is 73.2 Å². The molecule has 0 amide bonds. The van der Waals surface area contributed by atoms with Crippen LogP contribution in [0.15, 0.2) is 30.3 Å². The first-order chi connectivity index (χ1) is 5.81. The standard InChI is InChI=1S/C7H8.C3H6O2/c1-7-5-3-2-4-6-7;1-2-5-3-4/h2-6H,1H3;3H,2H2,1H3. The molecule has 0 fully saturated rings. The van der Waals surface area contributed by atoms with E-state index in [2.05, 4.69) is 23.8 Å². The highest BCUT2D eigenvalue weighted by Gasteiger charge is 1.72. The molecule has 0 atom stereocenters. The molecule has 0 spiro atoms. The third kappa shape index (κ3) is 6.81. The van der Waals surface area contributed by atoms with Gasteiger partial charge >= 0.3 is 0 Å². The smallest absolute Gasteiger partial charge is 0.293 e. The zero-order valence-electron chi connectivity index (χ0n) is 7.49. The lowest BCUT2D eigenvalue weighted by Gasteiger charge is -1.82. The van der Waals surface area contributed by atoms with Crippen LogP contribution in [0.4, 0.5) is 0 Å². The van der Waals surface area contributed by atoms with E-state index < -0.39 is 0 Å². The molecular formula is C10H14O2. The van der Waals surface area contributed by atoms with E-state index in [9.17, 15) is 4.79 Å². The van der Waals surface area contributed by atoms with Crippen LogP contribution in [-0.2, 0) is 9.53 Å². The van der Waals surface area contributed by atoms with Gasteiger partial charge in [0.25, 0.3) is 6.47 Å². The van der Waals surface area contributed by atoms with Gasteiger partial charge in [-0.3, -0.25) is 4.79 Å². The summed E-state index contributed by atoms with van der Waals surface area (Å²) >= 11 is 0. The fourth-order valence-electron chi connectivity index (χ4n) is 0.602. The third-order valence-electron chi connectivity index (χ3n) is 1.18. The highest BCUT2D eigenvalue weighted by Crippen LogP contribution is 1.92. The number of aryl methyl sites for hydroxylation is 1. The van der Waals surface area contributed by atoms with Crippen LogP contribution in [0.5, 0.6) is 0 Å². The van der Waals surface area contributed by atoms with E-state index in [1.807, 2.05) is 18.2 Å². The van der Waals surface area contributed by atoms with Crippen LogP contribution in [0.3, 0.4) is 0 Å². The van der Waals surface area contributed by atoms with Gasteiger partial charge in [-0.25, -0.2) is 0 Å². The number of carbonyl (C=O) groups excluding carboxylic acids is 1. The maximum atomic E-state index is 9.18. The van der Waals surface area contributed by atoms with E-state index in [0.717, 1.165) is 0 Å². The van der Waals surface area contributed by atoms with Gasteiger partial charge < -0.3 is 4.74 Å². The summed E-state index contributed by atoms with van der Waals surface area (Å²) in [6, 6.07) is 10.3. The number of rotatable bonds is 2. The van der Waals surface area contributed by atoms with Crippen molar-refractivity contribution in [2.45, 2.75) is 13.8 Å². The summed E-state index contributed by atoms with van der Waals surface area (Å²) < 4.78 is 4.15. The van der Waals surface area contributed by atoms with Crippen molar-refractivity contribution in [2.24, 2.45) is 0 Å². The summed E-state index contributed by atoms with van der Waals surface area (Å²) in [5, 5.41) is 0. The van der Waals surface area contributed by atoms with Crippen molar-refractivity contribution in [3.05, 3.63) is 35.9 Å². The zero-order valence-corrected chi connectivity index (χ0v) is 7.49. The molecule has 0 saturated carbocycles. The fraction of sp³-hybridized carbons (Fsp3) is 0.300. The van der Waals surface area contributed by atoms with Crippen LogP contribution in [0.1, 0.15) is 12.5 Å². The lowest BCUT2D eigenvalue weighted by atomic mass is 10.2. The third-order valence-corrected chi connectivity index (χ3v) is 1.18. The molecule has 2 heteroatoms. The van der Waals surface area contributed by atoms with Gasteiger partial charge in [0.2, 0.25) is 0 Å². The van der Waals surface area contributed by atoms with Crippen LogP contribution in [-0.4, -0.2) is 13.1 Å². The zero-order chi connectivity index (χ0) is 9.23. The summed E-state index contributed by atoms with van der Waals surface area (Å²) in [5.74, 6) is 0. The SMILES string of the molecule is CCOC=O.Cc1ccccc1. The summed E-state index contributed by atoms with van der Waals surface area (Å²) in [6.45, 7) is 4.75. The van der Waals surface area contributed by atoms with E-state index in [-0.39, 0.29) is 0 Å². The summed E-state index contributed by atoms with van der Waals surface area (Å²) in [4.78, 5) is 9.18. The molecule has 1 aromatic rings. The molecule has 0 aliphatic heterocycles. The van der Waals surface area contributed by atoms with Crippen molar-refractivity contribution >= 4 is 6.47 Å². The van der Waals surface area contributed by atoms with Gasteiger partial charge in [-0.15, -0.1) is 0 Å². The van der Waals surface area contributed by atoms with Gasteiger partial charge in [-0.05, 0) is 13.8 Å². The Hall–Kier alpha value is -1.31. The van der Waals surface area contributed by atoms with Crippen molar-refractivity contribution < 1.29 is 9.53 Å². The second-order valence-corrected chi connectivity index (χ2v) is 2.21. The average molecular weight is 166 g/mol. The van der Waals surface area contributed by atoms with Gasteiger partial charge in [0.15, 0.2) is 0 Å². The van der Waals surface area contributed by atoms with Crippen LogP contribution in [0.2, 0.25) is 0 Å². The van der Waals surface area contributed by atoms with Crippen molar-refractivity contribution in [1.29, 1.82) is 0 Å². The Kier molecular flexibility index (Phi) is 6.94. The Morgan fingerprint density at radius 2 is 1.92 bits per heavy atom. The van der Waals surface area contributed by atoms with Crippen molar-refractivity contribution in [3.63, 3.8) is 0 Å². The molecule has 0 aliphatic rings. The monoisotopic (exact) mass is 166 g/mol. The molecule has 1 rings (SSSR count). The lowest BCUT2D eigenvalue weighted by molar-refractivity contribution is -0.128. The molecule has 1 aromatic carbocycles. The first-order valence-electron chi connectivity index (χ1n) is 3.88. The lowest BCUT2D eigenvalue weighted by Crippen LogP contribution is -1.80. The Morgan fingerprint density at radius 1 is 1.33 bits per heavy atom. The highest BCUT2D eigenvalue weighted by atomic mass is 16.5. The van der Waals surface area contributed by atoms with Crippen molar-refractivity contribution in [1.82, 2.24) is 0 Å². The van der Waals surface area contributed by atoms with E-state index in [4.69, 9.17) is 0 Å². The second kappa shape index (κ2) is 7.79. The number of benzene rings is 1. The molecule has 2 nitrogen and oxygen atoms in total. The highest BCUT2D eigenvalue weighted by molar-refractivity contribution is 5.36. The number of hydrogen-bond acceptors (Lipinski definition) is 2. The van der Waals surface area contributed by atoms with Crippen molar-refractivity contribution in [3.8, 4) is 0 Å². The van der Waals surface area contributed by atoms with E-state index in [1.54, 1.807) is 6.92 Å². The topological polar surface area (TPSA) is 26.3 Å². The minimum absolute atomic E-state index is 0.431. The summed E-state index contributed by atoms with van der Waals surface area (Å²) in [6.07, 6.45) is 0. The summed E-state index contributed by atoms with van der Waals surface area (Å²) in [5.41, 5.74) is 1.32. The number of ether oxygens (including phenoxy) is 1. The van der Waals surface area contributed by atoms with Gasteiger partial charge in [-0.1, -0.05) is 35.9 Å². The molecule has 66 valence electrons. The van der Waals surface area contributed by atoms with E-state index in [1.165, 1.54) is 5.56 Å². The van der Waals surface area contributed by atoms with Crippen molar-refractivity contribution in [2.75, 3.05) is 6.61 Å². The predicted molar refractivity (Wildman–Crippen MR) is 48.9 cm³/mol. The van der Waals surface area contributed by atoms with Gasteiger partial charge in [-0.2, -0.15) is 0 Å². The van der Waals surface area contributed by atoms with Crippen LogP contribution in [0, 0.1) is 6.92 Å². The quantitative estimate of drug-likeness (QED) is 0.629. The predicted octanol–water partition coefficient (Wildman–Crippen LogP) is 2.17. The largest absolute Gasteiger partial charge is 0.468 e. The minimum atomic E-state index is 0.431.